The third-order valence-electron chi connectivity index (χ3n) is 5.41. The average Bonchev–Trinajstić information content (AvgIpc) is 3.04. The van der Waals surface area contributed by atoms with Crippen molar-refractivity contribution >= 4 is 20.0 Å². The fourth-order valence-electron chi connectivity index (χ4n) is 3.58. The van der Waals surface area contributed by atoms with Crippen LogP contribution in [0.25, 0.3) is 0 Å². The number of ether oxygens (including phenoxy) is 3. The minimum Gasteiger partial charge on any atom is -0.435 e. The van der Waals surface area contributed by atoms with E-state index in [4.69, 9.17) is 14.2 Å². The van der Waals surface area contributed by atoms with Crippen LogP contribution in [0, 0.1) is 17.4 Å². The van der Waals surface area contributed by atoms with Crippen molar-refractivity contribution in [2.75, 3.05) is 0 Å². The number of carbonyl (C=O) groups is 2. The minimum atomic E-state index is -1.85. The van der Waals surface area contributed by atoms with Gasteiger partial charge in [-0.05, 0) is 30.7 Å². The number of esters is 2. The van der Waals surface area contributed by atoms with Crippen LogP contribution >= 0.6 is 0 Å². The predicted molar refractivity (Wildman–Crippen MR) is 126 cm³/mol. The summed E-state index contributed by atoms with van der Waals surface area (Å²) in [5.74, 6) is 1.86. The highest BCUT2D eigenvalue weighted by Crippen LogP contribution is 2.42. The highest BCUT2D eigenvalue weighted by molar-refractivity contribution is 6.83. The van der Waals surface area contributed by atoms with Crippen molar-refractivity contribution in [1.82, 2.24) is 0 Å². The second-order valence-corrected chi connectivity index (χ2v) is 13.8. The third-order valence-corrected chi connectivity index (χ3v) is 6.29. The first-order valence-electron chi connectivity index (χ1n) is 10.9. The van der Waals surface area contributed by atoms with Crippen LogP contribution in [0.4, 0.5) is 0 Å². The summed E-state index contributed by atoms with van der Waals surface area (Å²) in [5.41, 5.74) is 2.71. The van der Waals surface area contributed by atoms with Crippen LogP contribution in [0.3, 0.4) is 0 Å². The zero-order valence-corrected chi connectivity index (χ0v) is 20.3. The SMILES string of the molecule is CC[C@H]1OC(OC(=O)c2ccccc2)[C@](C#C[Si](C)(C)C)(OC(=O)c2ccccc2)[C@@H]1C. The van der Waals surface area contributed by atoms with Gasteiger partial charge in [0, 0.05) is 5.92 Å². The highest BCUT2D eigenvalue weighted by Gasteiger charge is 2.59. The molecule has 0 radical (unpaired) electrons. The molecule has 1 heterocycles. The Labute approximate surface area is 191 Å². The van der Waals surface area contributed by atoms with Gasteiger partial charge in [0.15, 0.2) is 0 Å². The van der Waals surface area contributed by atoms with Gasteiger partial charge in [-0.2, -0.15) is 0 Å². The molecule has 2 aromatic rings. The maximum Gasteiger partial charge on any atom is 0.340 e. The zero-order valence-electron chi connectivity index (χ0n) is 19.3. The van der Waals surface area contributed by atoms with E-state index in [0.29, 0.717) is 17.5 Å². The number of carbonyl (C=O) groups excluding carboxylic acids is 2. The van der Waals surface area contributed by atoms with Gasteiger partial charge in [0.1, 0.15) is 8.07 Å². The summed E-state index contributed by atoms with van der Waals surface area (Å²) in [6.07, 6.45) is -0.741. The Hall–Kier alpha value is -2.88. The molecule has 0 saturated carbocycles. The van der Waals surface area contributed by atoms with E-state index in [-0.39, 0.29) is 12.0 Å². The fraction of sp³-hybridized carbons (Fsp3) is 0.385. The molecular formula is C26H30O5Si. The van der Waals surface area contributed by atoms with Crippen LogP contribution in [0.5, 0.6) is 0 Å². The van der Waals surface area contributed by atoms with Crippen LogP contribution in [0.15, 0.2) is 60.7 Å². The smallest absolute Gasteiger partial charge is 0.340 e. The number of hydrogen-bond acceptors (Lipinski definition) is 5. The standard InChI is InChI=1S/C26H30O5Si/c1-6-22-19(2)26(17-18-32(3,4)5,31-24(28)21-15-11-8-12-16-21)25(29-22)30-23(27)20-13-9-7-10-14-20/h7-16,19,22,25H,6H2,1-5H3/t19-,22-,25?,26-/m1/s1. The van der Waals surface area contributed by atoms with Gasteiger partial charge in [-0.15, -0.1) is 5.54 Å². The van der Waals surface area contributed by atoms with Crippen molar-refractivity contribution in [3.05, 3.63) is 71.8 Å². The number of benzene rings is 2. The molecule has 3 rings (SSSR count). The zero-order chi connectivity index (χ0) is 23.4. The van der Waals surface area contributed by atoms with E-state index in [1.807, 2.05) is 26.0 Å². The van der Waals surface area contributed by atoms with Gasteiger partial charge in [0.2, 0.25) is 5.60 Å². The lowest BCUT2D eigenvalue weighted by Crippen LogP contribution is -2.49. The minimum absolute atomic E-state index is 0.275. The van der Waals surface area contributed by atoms with Crippen LogP contribution in [0.2, 0.25) is 19.6 Å². The van der Waals surface area contributed by atoms with Gasteiger partial charge in [-0.25, -0.2) is 9.59 Å². The summed E-state index contributed by atoms with van der Waals surface area (Å²) in [5, 5.41) is 0. The Kier molecular flexibility index (Phi) is 7.22. The molecule has 4 atom stereocenters. The number of rotatable bonds is 5. The van der Waals surface area contributed by atoms with E-state index in [2.05, 4.69) is 31.1 Å². The predicted octanol–water partition coefficient (Wildman–Crippen LogP) is 5.09. The first-order valence-corrected chi connectivity index (χ1v) is 14.4. The van der Waals surface area contributed by atoms with Crippen LogP contribution in [-0.4, -0.2) is 38.0 Å². The van der Waals surface area contributed by atoms with Gasteiger partial charge < -0.3 is 14.2 Å². The van der Waals surface area contributed by atoms with Crippen molar-refractivity contribution < 1.29 is 23.8 Å². The van der Waals surface area contributed by atoms with E-state index in [1.165, 1.54) is 0 Å². The molecule has 0 spiro atoms. The maximum atomic E-state index is 13.1. The van der Waals surface area contributed by atoms with E-state index in [9.17, 15) is 9.59 Å². The van der Waals surface area contributed by atoms with E-state index in [0.717, 1.165) is 0 Å². The van der Waals surface area contributed by atoms with E-state index in [1.54, 1.807) is 48.5 Å². The normalized spacial score (nSPS) is 24.8. The molecule has 0 aromatic heterocycles. The first kappa shape index (κ1) is 23.8. The summed E-state index contributed by atoms with van der Waals surface area (Å²) < 4.78 is 18.0. The van der Waals surface area contributed by atoms with Crippen molar-refractivity contribution in [2.24, 2.45) is 5.92 Å². The Morgan fingerprint density at radius 2 is 1.50 bits per heavy atom. The quantitative estimate of drug-likeness (QED) is 0.361. The third kappa shape index (κ3) is 5.29. The molecule has 0 aliphatic carbocycles. The Bertz CT molecular complexity index is 1000. The molecule has 2 aromatic carbocycles. The van der Waals surface area contributed by atoms with Gasteiger partial charge in [-0.1, -0.05) is 75.8 Å². The van der Waals surface area contributed by atoms with Gasteiger partial charge in [0.05, 0.1) is 17.2 Å². The average molecular weight is 451 g/mol. The van der Waals surface area contributed by atoms with Crippen LogP contribution < -0.4 is 0 Å². The molecule has 0 bridgehead atoms. The summed E-state index contributed by atoms with van der Waals surface area (Å²) >= 11 is 0. The molecule has 1 aliphatic heterocycles. The van der Waals surface area contributed by atoms with Gasteiger partial charge in [-0.3, -0.25) is 0 Å². The highest BCUT2D eigenvalue weighted by atomic mass is 28.3. The van der Waals surface area contributed by atoms with E-state index >= 15 is 0 Å². The maximum absolute atomic E-state index is 13.1. The monoisotopic (exact) mass is 450 g/mol. The molecule has 1 fully saturated rings. The summed E-state index contributed by atoms with van der Waals surface area (Å²) in [4.78, 5) is 26.0. The van der Waals surface area contributed by atoms with Crippen LogP contribution in [-0.2, 0) is 14.2 Å². The topological polar surface area (TPSA) is 61.8 Å². The molecule has 32 heavy (non-hydrogen) atoms. The number of hydrogen-bond donors (Lipinski definition) is 0. The molecule has 0 N–H and O–H groups in total. The fourth-order valence-corrected chi connectivity index (χ4v) is 4.15. The van der Waals surface area contributed by atoms with E-state index < -0.39 is 31.9 Å². The second kappa shape index (κ2) is 9.72. The Morgan fingerprint density at radius 3 is 2.00 bits per heavy atom. The molecular weight excluding hydrogens is 420 g/mol. The second-order valence-electron chi connectivity index (χ2n) is 9.02. The molecule has 6 heteroatoms. The lowest BCUT2D eigenvalue weighted by atomic mass is 9.86. The lowest BCUT2D eigenvalue weighted by molar-refractivity contribution is -0.156. The molecule has 168 valence electrons. The molecule has 1 aliphatic rings. The summed E-state index contributed by atoms with van der Waals surface area (Å²) in [6, 6.07) is 17.4. The lowest BCUT2D eigenvalue weighted by Gasteiger charge is -2.32. The molecule has 5 nitrogen and oxygen atoms in total. The largest absolute Gasteiger partial charge is 0.435 e. The van der Waals surface area contributed by atoms with Crippen molar-refractivity contribution in [1.29, 1.82) is 0 Å². The van der Waals surface area contributed by atoms with Gasteiger partial charge >= 0.3 is 11.9 Å². The molecule has 1 unspecified atom stereocenters. The van der Waals surface area contributed by atoms with Crippen molar-refractivity contribution in [3.8, 4) is 11.5 Å². The molecule has 1 saturated heterocycles. The van der Waals surface area contributed by atoms with Crippen molar-refractivity contribution in [2.45, 2.75) is 57.9 Å². The van der Waals surface area contributed by atoms with Crippen LogP contribution in [0.1, 0.15) is 41.0 Å². The molecule has 0 amide bonds. The summed E-state index contributed by atoms with van der Waals surface area (Å²) in [6.45, 7) is 10.2. The Balaban J connectivity index is 2.03. The van der Waals surface area contributed by atoms with Gasteiger partial charge in [0.25, 0.3) is 6.29 Å². The Morgan fingerprint density at radius 1 is 0.969 bits per heavy atom. The first-order chi connectivity index (χ1) is 15.2. The van der Waals surface area contributed by atoms with Crippen molar-refractivity contribution in [3.63, 3.8) is 0 Å². The summed E-state index contributed by atoms with van der Waals surface area (Å²) in [7, 11) is -1.85.